The third-order valence-corrected chi connectivity index (χ3v) is 3.01. The van der Waals surface area contributed by atoms with Gasteiger partial charge in [0, 0.05) is 0 Å². The summed E-state index contributed by atoms with van der Waals surface area (Å²) >= 11 is 4.65. The van der Waals surface area contributed by atoms with E-state index < -0.39 is 30.2 Å². The highest BCUT2D eigenvalue weighted by Crippen LogP contribution is 2.24. The topological polar surface area (TPSA) is 55.1 Å². The van der Waals surface area contributed by atoms with E-state index in [9.17, 15) is 22.4 Å². The van der Waals surface area contributed by atoms with Crippen LogP contribution in [0.1, 0.15) is 20.3 Å². The molecule has 0 aliphatic heterocycles. The first-order valence-corrected chi connectivity index (χ1v) is 5.23. The Morgan fingerprint density at radius 3 is 2.24 bits per heavy atom. The summed E-state index contributed by atoms with van der Waals surface area (Å²) < 4.78 is 48.8. The van der Waals surface area contributed by atoms with E-state index in [0.29, 0.717) is 0 Å². The minimum atomic E-state index is -4.26. The van der Waals surface area contributed by atoms with E-state index in [4.69, 9.17) is 5.73 Å². The molecule has 1 amide bonds. The Kier molecular flexibility index (Phi) is 5.31. The molecule has 0 fully saturated rings. The van der Waals surface area contributed by atoms with E-state index in [1.54, 1.807) is 12.2 Å². The van der Waals surface area contributed by atoms with Crippen LogP contribution in [-0.4, -0.2) is 29.8 Å². The number of nitrogens with one attached hydrogen (secondary N) is 1. The Morgan fingerprint density at radius 1 is 1.47 bits per heavy atom. The number of alkyl halides is 4. The number of amides is 1. The van der Waals surface area contributed by atoms with Crippen LogP contribution in [0.25, 0.3) is 0 Å². The normalized spacial score (nSPS) is 15.5. The maximum absolute atomic E-state index is 12.6. The van der Waals surface area contributed by atoms with Gasteiger partial charge >= 0.3 is 12.3 Å². The van der Waals surface area contributed by atoms with Crippen molar-refractivity contribution in [2.45, 2.75) is 32.6 Å². The van der Waals surface area contributed by atoms with Gasteiger partial charge in [-0.2, -0.15) is 8.78 Å². The van der Waals surface area contributed by atoms with Crippen LogP contribution >= 0.6 is 12.2 Å². The maximum Gasteiger partial charge on any atom is 0.324 e. The van der Waals surface area contributed by atoms with Crippen LogP contribution in [0.3, 0.4) is 0 Å². The Hall–Kier alpha value is -0.920. The first-order valence-electron chi connectivity index (χ1n) is 4.82. The lowest BCUT2D eigenvalue weighted by Gasteiger charge is -2.26. The molecular weight excluding hydrogens is 260 g/mol. The largest absolute Gasteiger partial charge is 0.392 e. The molecular formula is C9H14F4N2OS. The Labute approximate surface area is 102 Å². The number of hydrogen-bond acceptors (Lipinski definition) is 2. The van der Waals surface area contributed by atoms with Crippen molar-refractivity contribution in [2.75, 3.05) is 6.54 Å². The molecule has 0 saturated carbocycles. The number of nitrogens with two attached hydrogens (primary N) is 1. The standard InChI is InChI=1S/C9H14F4N2OS/c1-3-8(2,6(14)17)7(16)15-4-9(12,13)5(10)11/h5H,3-4H2,1-2H3,(H2,14,17)(H,15,16). The predicted octanol–water partition coefficient (Wildman–Crippen LogP) is 1.71. The summed E-state index contributed by atoms with van der Waals surface area (Å²) in [6.45, 7) is 1.51. The van der Waals surface area contributed by atoms with Gasteiger partial charge in [0.15, 0.2) is 0 Å². The van der Waals surface area contributed by atoms with Gasteiger partial charge in [-0.15, -0.1) is 0 Å². The van der Waals surface area contributed by atoms with Crippen molar-refractivity contribution < 1.29 is 22.4 Å². The summed E-state index contributed by atoms with van der Waals surface area (Å²) in [5.74, 6) is -5.15. The third kappa shape index (κ3) is 3.79. The first-order chi connectivity index (χ1) is 7.58. The summed E-state index contributed by atoms with van der Waals surface area (Å²) in [4.78, 5) is 11.4. The minimum Gasteiger partial charge on any atom is -0.392 e. The van der Waals surface area contributed by atoms with Gasteiger partial charge in [-0.05, 0) is 13.3 Å². The van der Waals surface area contributed by atoms with E-state index in [2.05, 4.69) is 12.2 Å². The van der Waals surface area contributed by atoms with Crippen LogP contribution in [0.15, 0.2) is 0 Å². The zero-order valence-electron chi connectivity index (χ0n) is 9.40. The van der Waals surface area contributed by atoms with E-state index in [1.165, 1.54) is 6.92 Å². The molecule has 1 atom stereocenters. The second kappa shape index (κ2) is 5.61. The summed E-state index contributed by atoms with van der Waals surface area (Å²) in [5, 5.41) is 1.74. The molecule has 100 valence electrons. The summed E-state index contributed by atoms with van der Waals surface area (Å²) in [6.07, 6.45) is -3.64. The SMILES string of the molecule is CCC(C)(C(=O)NCC(F)(F)C(F)F)C(N)=S. The monoisotopic (exact) mass is 274 g/mol. The van der Waals surface area contributed by atoms with Crippen molar-refractivity contribution >= 4 is 23.1 Å². The molecule has 0 aliphatic rings. The minimum absolute atomic E-state index is 0.169. The molecule has 0 aromatic carbocycles. The van der Waals surface area contributed by atoms with Crippen LogP contribution in [0.4, 0.5) is 17.6 Å². The van der Waals surface area contributed by atoms with E-state index in [0.717, 1.165) is 0 Å². The fourth-order valence-corrected chi connectivity index (χ4v) is 1.15. The van der Waals surface area contributed by atoms with Gasteiger partial charge in [0.25, 0.3) is 0 Å². The third-order valence-electron chi connectivity index (χ3n) is 2.56. The fourth-order valence-electron chi connectivity index (χ4n) is 0.917. The van der Waals surface area contributed by atoms with Crippen molar-refractivity contribution in [3.05, 3.63) is 0 Å². The van der Waals surface area contributed by atoms with Gasteiger partial charge in [-0.3, -0.25) is 4.79 Å². The zero-order chi connectivity index (χ0) is 13.9. The highest BCUT2D eigenvalue weighted by atomic mass is 32.1. The molecule has 1 unspecified atom stereocenters. The number of carbonyl (C=O) groups is 1. The molecule has 0 aromatic rings. The lowest BCUT2D eigenvalue weighted by atomic mass is 9.86. The van der Waals surface area contributed by atoms with E-state index in [1.807, 2.05) is 0 Å². The molecule has 3 N–H and O–H groups in total. The molecule has 8 heteroatoms. The van der Waals surface area contributed by atoms with Crippen LogP contribution in [-0.2, 0) is 4.79 Å². The van der Waals surface area contributed by atoms with Crippen molar-refractivity contribution in [3.8, 4) is 0 Å². The van der Waals surface area contributed by atoms with Crippen LogP contribution in [0, 0.1) is 5.41 Å². The highest BCUT2D eigenvalue weighted by Gasteiger charge is 2.43. The quantitative estimate of drug-likeness (QED) is 0.572. The van der Waals surface area contributed by atoms with Gasteiger partial charge in [-0.1, -0.05) is 19.1 Å². The predicted molar refractivity (Wildman–Crippen MR) is 59.1 cm³/mol. The molecule has 0 rings (SSSR count). The van der Waals surface area contributed by atoms with Crippen molar-refractivity contribution in [3.63, 3.8) is 0 Å². The second-order valence-corrected chi connectivity index (χ2v) is 4.23. The summed E-state index contributed by atoms with van der Waals surface area (Å²) in [5.41, 5.74) is 4.00. The smallest absolute Gasteiger partial charge is 0.324 e. The highest BCUT2D eigenvalue weighted by molar-refractivity contribution is 7.80. The van der Waals surface area contributed by atoms with Gasteiger partial charge < -0.3 is 11.1 Å². The molecule has 3 nitrogen and oxygen atoms in total. The summed E-state index contributed by atoms with van der Waals surface area (Å²) in [6, 6.07) is 0. The second-order valence-electron chi connectivity index (χ2n) is 3.79. The number of carbonyl (C=O) groups excluding carboxylic acids is 1. The van der Waals surface area contributed by atoms with Crippen molar-refractivity contribution in [1.29, 1.82) is 0 Å². The number of halogens is 4. The maximum atomic E-state index is 12.6. The number of rotatable bonds is 6. The average molecular weight is 274 g/mol. The Balaban J connectivity index is 4.61. The van der Waals surface area contributed by atoms with E-state index in [-0.39, 0.29) is 11.4 Å². The van der Waals surface area contributed by atoms with Crippen molar-refractivity contribution in [1.82, 2.24) is 5.32 Å². The number of thiocarbonyl (C=S) groups is 1. The fraction of sp³-hybridized carbons (Fsp3) is 0.778. The van der Waals surface area contributed by atoms with Gasteiger partial charge in [0.05, 0.1) is 16.9 Å². The van der Waals surface area contributed by atoms with E-state index >= 15 is 0 Å². The molecule has 0 aliphatic carbocycles. The molecule has 0 saturated heterocycles. The van der Waals surface area contributed by atoms with Gasteiger partial charge in [0.1, 0.15) is 0 Å². The Bertz CT molecular complexity index is 311. The molecule has 0 heterocycles. The van der Waals surface area contributed by atoms with Crippen LogP contribution < -0.4 is 11.1 Å². The molecule has 0 spiro atoms. The molecule has 17 heavy (non-hydrogen) atoms. The molecule has 0 aromatic heterocycles. The zero-order valence-corrected chi connectivity index (χ0v) is 10.2. The molecule has 0 radical (unpaired) electrons. The molecule has 0 bridgehead atoms. The number of hydrogen-bond donors (Lipinski definition) is 2. The van der Waals surface area contributed by atoms with Gasteiger partial charge in [-0.25, -0.2) is 8.78 Å². The first kappa shape index (κ1) is 16.1. The summed E-state index contributed by atoms with van der Waals surface area (Å²) in [7, 11) is 0. The van der Waals surface area contributed by atoms with Crippen molar-refractivity contribution in [2.24, 2.45) is 11.1 Å². The van der Waals surface area contributed by atoms with Crippen LogP contribution in [0.2, 0.25) is 0 Å². The lowest BCUT2D eigenvalue weighted by Crippen LogP contribution is -2.50. The Morgan fingerprint density at radius 2 is 1.94 bits per heavy atom. The lowest BCUT2D eigenvalue weighted by molar-refractivity contribution is -0.140. The van der Waals surface area contributed by atoms with Crippen LogP contribution in [0.5, 0.6) is 0 Å². The van der Waals surface area contributed by atoms with Gasteiger partial charge in [0.2, 0.25) is 5.91 Å². The average Bonchev–Trinajstić information content (AvgIpc) is 2.24.